The molecule has 3 N–H and O–H groups in total. The Morgan fingerprint density at radius 2 is 1.93 bits per heavy atom. The Kier molecular flexibility index (Phi) is 7.37. The van der Waals surface area contributed by atoms with Crippen LogP contribution in [-0.4, -0.2) is 46.0 Å². The van der Waals surface area contributed by atoms with Gasteiger partial charge in [-0.15, -0.1) is 0 Å². The Morgan fingerprint density at radius 3 is 2.53 bits per heavy atom. The first-order valence-electron chi connectivity index (χ1n) is 8.78. The number of ketones is 1. The number of Topliss-reactive ketones (excluding diaryl/α,β-unsaturated/α-hetero) is 1. The Bertz CT molecular complexity index is 1040. The summed E-state index contributed by atoms with van der Waals surface area (Å²) in [6.07, 6.45) is 0. The smallest absolute Gasteiger partial charge is 0.350 e. The predicted octanol–water partition coefficient (Wildman–Crippen LogP) is 2.63. The third-order valence-corrected chi connectivity index (χ3v) is 4.77. The maximum absolute atomic E-state index is 12.5. The summed E-state index contributed by atoms with van der Waals surface area (Å²) in [7, 11) is 0. The van der Waals surface area contributed by atoms with Crippen molar-refractivity contribution in [1.29, 1.82) is 0 Å². The van der Waals surface area contributed by atoms with Crippen LogP contribution in [0.4, 0.5) is 10.8 Å². The van der Waals surface area contributed by atoms with Gasteiger partial charge in [0.05, 0.1) is 23.6 Å². The van der Waals surface area contributed by atoms with Crippen LogP contribution >= 0.6 is 11.3 Å². The lowest BCUT2D eigenvalue weighted by Gasteiger charge is -2.08. The average Bonchev–Trinajstić information content (AvgIpc) is 3.02. The number of thiazole rings is 1. The van der Waals surface area contributed by atoms with Gasteiger partial charge in [-0.25, -0.2) is 14.6 Å². The molecule has 0 saturated heterocycles. The summed E-state index contributed by atoms with van der Waals surface area (Å²) in [6, 6.07) is 4.57. The first kappa shape index (κ1) is 22.7. The van der Waals surface area contributed by atoms with Crippen LogP contribution in [0.3, 0.4) is 0 Å². The van der Waals surface area contributed by atoms with Gasteiger partial charge in [0.2, 0.25) is 0 Å². The van der Waals surface area contributed by atoms with Crippen molar-refractivity contribution in [2.45, 2.75) is 27.7 Å². The van der Waals surface area contributed by atoms with Crippen molar-refractivity contribution in [3.63, 3.8) is 0 Å². The van der Waals surface area contributed by atoms with Gasteiger partial charge in [-0.1, -0.05) is 23.0 Å². The van der Waals surface area contributed by atoms with Crippen molar-refractivity contribution in [2.75, 3.05) is 17.3 Å². The van der Waals surface area contributed by atoms with E-state index in [9.17, 15) is 24.3 Å². The molecule has 30 heavy (non-hydrogen) atoms. The first-order chi connectivity index (χ1) is 14.1. The van der Waals surface area contributed by atoms with Gasteiger partial charge in [0, 0.05) is 6.92 Å². The standard InChI is InChI=1S/C19H20N4O6S/c1-5-29-18(28)15-10(3)20-19(30-15)21-16(25)14(11(4)24)23-22-13-7-6-9(2)8-12(13)17(26)27/h6-8,22H,5H2,1-4H3,(H,26,27)(H,20,21,25)/b23-14+. The molecule has 0 aliphatic carbocycles. The Morgan fingerprint density at radius 1 is 1.23 bits per heavy atom. The lowest BCUT2D eigenvalue weighted by atomic mass is 10.1. The lowest BCUT2D eigenvalue weighted by Crippen LogP contribution is -2.29. The molecule has 0 spiro atoms. The molecule has 1 amide bonds. The molecular formula is C19H20N4O6S. The van der Waals surface area contributed by atoms with E-state index in [2.05, 4.69) is 20.8 Å². The van der Waals surface area contributed by atoms with Crippen LogP contribution in [0.25, 0.3) is 0 Å². The van der Waals surface area contributed by atoms with Gasteiger partial charge >= 0.3 is 11.9 Å². The summed E-state index contributed by atoms with van der Waals surface area (Å²) >= 11 is 0.905. The highest BCUT2D eigenvalue weighted by Gasteiger charge is 2.22. The maximum atomic E-state index is 12.5. The quantitative estimate of drug-likeness (QED) is 0.250. The number of esters is 1. The molecule has 0 unspecified atom stereocenters. The summed E-state index contributed by atoms with van der Waals surface area (Å²) in [6.45, 7) is 6.33. The minimum absolute atomic E-state index is 0.0586. The van der Waals surface area contributed by atoms with Gasteiger partial charge in [-0.3, -0.25) is 20.3 Å². The molecule has 0 bridgehead atoms. The fourth-order valence-corrected chi connectivity index (χ4v) is 3.19. The first-order valence-corrected chi connectivity index (χ1v) is 9.60. The van der Waals surface area contributed by atoms with Gasteiger partial charge in [0.1, 0.15) is 4.88 Å². The van der Waals surface area contributed by atoms with E-state index in [1.54, 1.807) is 26.8 Å². The van der Waals surface area contributed by atoms with E-state index >= 15 is 0 Å². The number of aromatic nitrogens is 1. The number of carboxylic acids is 1. The molecule has 0 aliphatic rings. The van der Waals surface area contributed by atoms with Gasteiger partial charge in [-0.05, 0) is 32.9 Å². The van der Waals surface area contributed by atoms with E-state index < -0.39 is 29.3 Å². The van der Waals surface area contributed by atoms with Crippen LogP contribution in [0.2, 0.25) is 0 Å². The second-order valence-corrected chi connectivity index (χ2v) is 7.09. The number of rotatable bonds is 8. The van der Waals surface area contributed by atoms with E-state index in [1.807, 2.05) is 0 Å². The number of aromatic carboxylic acids is 1. The molecule has 11 heteroatoms. The minimum Gasteiger partial charge on any atom is -0.478 e. The van der Waals surface area contributed by atoms with Crippen LogP contribution in [0.1, 0.15) is 45.1 Å². The van der Waals surface area contributed by atoms with Crippen molar-refractivity contribution < 1.29 is 29.0 Å². The topological polar surface area (TPSA) is 147 Å². The molecule has 0 atom stereocenters. The second-order valence-electron chi connectivity index (χ2n) is 6.09. The zero-order valence-electron chi connectivity index (χ0n) is 16.7. The number of ether oxygens (including phenoxy) is 1. The third-order valence-electron chi connectivity index (χ3n) is 3.72. The predicted molar refractivity (Wildman–Crippen MR) is 111 cm³/mol. The number of nitrogens with zero attached hydrogens (tertiary/aromatic N) is 2. The number of anilines is 2. The normalized spacial score (nSPS) is 11.0. The van der Waals surface area contributed by atoms with Crippen LogP contribution in [0.15, 0.2) is 23.3 Å². The van der Waals surface area contributed by atoms with Crippen molar-refractivity contribution in [1.82, 2.24) is 4.98 Å². The summed E-state index contributed by atoms with van der Waals surface area (Å²) in [5, 5.41) is 15.6. The van der Waals surface area contributed by atoms with Crippen molar-refractivity contribution in [3.8, 4) is 0 Å². The minimum atomic E-state index is -1.19. The number of benzene rings is 1. The van der Waals surface area contributed by atoms with E-state index in [0.717, 1.165) is 23.8 Å². The number of hydrazone groups is 1. The second kappa shape index (κ2) is 9.74. The highest BCUT2D eigenvalue weighted by Crippen LogP contribution is 2.23. The van der Waals surface area contributed by atoms with Crippen molar-refractivity contribution in [2.24, 2.45) is 5.10 Å². The van der Waals surface area contributed by atoms with Gasteiger partial charge in [-0.2, -0.15) is 5.10 Å². The molecule has 1 heterocycles. The number of hydrogen-bond acceptors (Lipinski definition) is 9. The summed E-state index contributed by atoms with van der Waals surface area (Å²) in [5.41, 5.74) is 3.13. The number of amides is 1. The zero-order valence-corrected chi connectivity index (χ0v) is 17.5. The number of carbonyl (C=O) groups excluding carboxylic acids is 3. The molecule has 0 aliphatic heterocycles. The molecule has 2 aromatic rings. The van der Waals surface area contributed by atoms with Crippen LogP contribution in [0, 0.1) is 13.8 Å². The van der Waals surface area contributed by atoms with Crippen LogP contribution < -0.4 is 10.7 Å². The maximum Gasteiger partial charge on any atom is 0.350 e. The highest BCUT2D eigenvalue weighted by atomic mass is 32.1. The van der Waals surface area contributed by atoms with Crippen molar-refractivity contribution in [3.05, 3.63) is 39.9 Å². The van der Waals surface area contributed by atoms with Gasteiger partial charge in [0.25, 0.3) is 5.91 Å². The lowest BCUT2D eigenvalue weighted by molar-refractivity contribution is -0.114. The molecule has 158 valence electrons. The SMILES string of the molecule is CCOC(=O)c1sc(NC(=O)/C(=N/Nc2ccc(C)cc2C(=O)O)C(C)=O)nc1C. The van der Waals surface area contributed by atoms with E-state index in [-0.39, 0.29) is 27.9 Å². The summed E-state index contributed by atoms with van der Waals surface area (Å²) in [5.74, 6) is -3.25. The molecule has 0 radical (unpaired) electrons. The molecule has 1 aromatic heterocycles. The summed E-state index contributed by atoms with van der Waals surface area (Å²) in [4.78, 5) is 52.0. The molecular weight excluding hydrogens is 412 g/mol. The monoisotopic (exact) mass is 432 g/mol. The van der Waals surface area contributed by atoms with Gasteiger partial charge < -0.3 is 9.84 Å². The third kappa shape index (κ3) is 5.47. The Labute approximate surface area is 176 Å². The average molecular weight is 432 g/mol. The molecule has 0 saturated carbocycles. The zero-order chi connectivity index (χ0) is 22.4. The molecule has 1 aromatic carbocycles. The molecule has 2 rings (SSSR count). The number of carboxylic acid groups (broad SMARTS) is 1. The van der Waals surface area contributed by atoms with Gasteiger partial charge in [0.15, 0.2) is 16.6 Å². The Balaban J connectivity index is 2.24. The highest BCUT2D eigenvalue weighted by molar-refractivity contribution is 7.17. The van der Waals surface area contributed by atoms with E-state index in [0.29, 0.717) is 5.69 Å². The van der Waals surface area contributed by atoms with E-state index in [1.165, 1.54) is 12.1 Å². The van der Waals surface area contributed by atoms with Crippen LogP contribution in [-0.2, 0) is 14.3 Å². The Hall–Kier alpha value is -3.60. The van der Waals surface area contributed by atoms with Crippen LogP contribution in [0.5, 0.6) is 0 Å². The number of hydrogen-bond donors (Lipinski definition) is 3. The number of carbonyl (C=O) groups is 4. The number of nitrogens with one attached hydrogen (secondary N) is 2. The molecule has 0 fully saturated rings. The largest absolute Gasteiger partial charge is 0.478 e. The van der Waals surface area contributed by atoms with Crippen molar-refractivity contribution >= 4 is 51.5 Å². The summed E-state index contributed by atoms with van der Waals surface area (Å²) < 4.78 is 4.92. The number of aryl methyl sites for hydroxylation is 2. The fraction of sp³-hybridized carbons (Fsp3) is 0.263. The fourth-order valence-electron chi connectivity index (χ4n) is 2.33. The molecule has 10 nitrogen and oxygen atoms in total. The van der Waals surface area contributed by atoms with E-state index in [4.69, 9.17) is 4.74 Å².